The van der Waals surface area contributed by atoms with Gasteiger partial charge in [0.2, 0.25) is 0 Å². The normalized spacial score (nSPS) is 10.8. The van der Waals surface area contributed by atoms with Crippen LogP contribution in [0.5, 0.6) is 17.2 Å². The van der Waals surface area contributed by atoms with Crippen molar-refractivity contribution >= 4 is 39.5 Å². The van der Waals surface area contributed by atoms with Gasteiger partial charge in [-0.15, -0.1) is 0 Å². The number of nitrogens with zero attached hydrogens (tertiary/aromatic N) is 1. The minimum absolute atomic E-state index is 0.190. The molecule has 1 amide bonds. The Kier molecular flexibility index (Phi) is 7.53. The number of hydrogen-bond donors (Lipinski definition) is 1. The summed E-state index contributed by atoms with van der Waals surface area (Å²) in [5, 5.41) is 9.21. The number of nitriles is 1. The quantitative estimate of drug-likeness (QED) is 0.372. The molecule has 0 aliphatic carbocycles. The Balaban J connectivity index is 2.07. The van der Waals surface area contributed by atoms with E-state index >= 15 is 0 Å². The molecule has 27 heavy (non-hydrogen) atoms. The fraction of sp³-hybridized carbons (Fsp3) is 0.158. The number of benzene rings is 2. The molecule has 0 aliphatic heterocycles. The Hall–Kier alpha value is -2.69. The first-order chi connectivity index (χ1) is 12.9. The molecule has 0 atom stereocenters. The molecule has 0 radical (unpaired) electrons. The largest absolute Gasteiger partial charge is 0.493 e. The van der Waals surface area contributed by atoms with Crippen molar-refractivity contribution in [3.8, 4) is 23.3 Å². The number of rotatable bonds is 8. The van der Waals surface area contributed by atoms with E-state index in [-0.39, 0.29) is 17.2 Å². The second-order valence-corrected chi connectivity index (χ2v) is 6.54. The van der Waals surface area contributed by atoms with Gasteiger partial charge in [0.05, 0.1) is 12.1 Å². The maximum atomic E-state index is 11.2. The number of hydrogen-bond acceptors (Lipinski definition) is 5. The molecule has 0 saturated heterocycles. The van der Waals surface area contributed by atoms with Gasteiger partial charge in [-0.1, -0.05) is 27.5 Å². The highest BCUT2D eigenvalue weighted by Gasteiger charge is 2.13. The maximum Gasteiger partial charge on any atom is 0.259 e. The molecule has 0 fully saturated rings. The van der Waals surface area contributed by atoms with Crippen molar-refractivity contribution in [1.29, 1.82) is 5.26 Å². The minimum Gasteiger partial charge on any atom is -0.493 e. The van der Waals surface area contributed by atoms with Crippen LogP contribution in [0.3, 0.4) is 0 Å². The van der Waals surface area contributed by atoms with Crippen molar-refractivity contribution in [2.24, 2.45) is 5.73 Å². The molecule has 0 aromatic heterocycles. The van der Waals surface area contributed by atoms with Crippen LogP contribution in [0.2, 0.25) is 5.02 Å². The molecule has 8 heteroatoms. The molecule has 0 heterocycles. The fourth-order valence-corrected chi connectivity index (χ4v) is 2.66. The van der Waals surface area contributed by atoms with Crippen molar-refractivity contribution in [2.45, 2.75) is 0 Å². The Bertz CT molecular complexity index is 892. The second kappa shape index (κ2) is 9.86. The summed E-state index contributed by atoms with van der Waals surface area (Å²) in [5.41, 5.74) is 5.44. The third kappa shape index (κ3) is 5.91. The van der Waals surface area contributed by atoms with E-state index in [1.807, 2.05) is 24.3 Å². The molecule has 0 aliphatic rings. The van der Waals surface area contributed by atoms with Gasteiger partial charge in [0.25, 0.3) is 5.91 Å². The number of ether oxygens (including phenoxy) is 3. The highest BCUT2D eigenvalue weighted by Crippen LogP contribution is 2.37. The van der Waals surface area contributed by atoms with Gasteiger partial charge in [-0.25, -0.2) is 0 Å². The smallest absolute Gasteiger partial charge is 0.259 e. The molecule has 2 aromatic rings. The van der Waals surface area contributed by atoms with E-state index in [4.69, 9.17) is 36.8 Å². The number of methoxy groups -OCH3 is 1. The van der Waals surface area contributed by atoms with E-state index in [0.29, 0.717) is 23.7 Å². The predicted molar refractivity (Wildman–Crippen MR) is 106 cm³/mol. The lowest BCUT2D eigenvalue weighted by Gasteiger charge is -2.14. The number of amides is 1. The van der Waals surface area contributed by atoms with Crippen LogP contribution in [-0.4, -0.2) is 26.2 Å². The summed E-state index contributed by atoms with van der Waals surface area (Å²) in [6.45, 7) is 0.551. The minimum atomic E-state index is -0.821. The van der Waals surface area contributed by atoms with Crippen LogP contribution >= 0.6 is 27.5 Å². The molecule has 2 rings (SSSR count). The number of carbonyl (C=O) groups excluding carboxylic acids is 1. The lowest BCUT2D eigenvalue weighted by atomic mass is 10.1. The number of nitrogens with two attached hydrogens (primary N) is 1. The molecule has 0 spiro atoms. The van der Waals surface area contributed by atoms with Crippen molar-refractivity contribution in [2.75, 3.05) is 20.3 Å². The van der Waals surface area contributed by atoms with Crippen molar-refractivity contribution in [3.63, 3.8) is 0 Å². The van der Waals surface area contributed by atoms with Gasteiger partial charge in [-0.05, 0) is 48.0 Å². The summed E-state index contributed by atoms with van der Waals surface area (Å²) in [7, 11) is 1.46. The van der Waals surface area contributed by atoms with Gasteiger partial charge in [-0.3, -0.25) is 4.79 Å². The first-order valence-electron chi connectivity index (χ1n) is 7.75. The molecule has 0 bridgehead atoms. The van der Waals surface area contributed by atoms with E-state index < -0.39 is 5.91 Å². The van der Waals surface area contributed by atoms with Gasteiger partial charge in [-0.2, -0.15) is 5.26 Å². The van der Waals surface area contributed by atoms with E-state index in [1.54, 1.807) is 18.2 Å². The molecule has 140 valence electrons. The van der Waals surface area contributed by atoms with Crippen molar-refractivity contribution in [3.05, 3.63) is 57.0 Å². The molecule has 2 aromatic carbocycles. The Morgan fingerprint density at radius 2 is 1.93 bits per heavy atom. The van der Waals surface area contributed by atoms with E-state index in [2.05, 4.69) is 15.9 Å². The zero-order valence-electron chi connectivity index (χ0n) is 14.4. The van der Waals surface area contributed by atoms with Crippen LogP contribution in [0.15, 0.2) is 46.4 Å². The van der Waals surface area contributed by atoms with E-state index in [1.165, 1.54) is 13.2 Å². The molecule has 0 unspecified atom stereocenters. The predicted octanol–water partition coefficient (Wildman–Crippen LogP) is 3.96. The van der Waals surface area contributed by atoms with Crippen LogP contribution in [-0.2, 0) is 4.79 Å². The van der Waals surface area contributed by atoms with Crippen molar-refractivity contribution in [1.82, 2.24) is 0 Å². The monoisotopic (exact) mass is 450 g/mol. The van der Waals surface area contributed by atoms with E-state index in [0.717, 1.165) is 10.2 Å². The fourth-order valence-electron chi connectivity index (χ4n) is 2.12. The van der Waals surface area contributed by atoms with Crippen LogP contribution in [0.1, 0.15) is 5.56 Å². The zero-order valence-corrected chi connectivity index (χ0v) is 16.7. The SMILES string of the molecule is COc1cc(/C=C(/C#N)C(N)=O)cc(Cl)c1OCCOc1ccc(Br)cc1. The summed E-state index contributed by atoms with van der Waals surface area (Å²) in [4.78, 5) is 11.2. The number of primary amides is 1. The first-order valence-corrected chi connectivity index (χ1v) is 8.92. The molecule has 0 saturated carbocycles. The maximum absolute atomic E-state index is 11.2. The van der Waals surface area contributed by atoms with Gasteiger partial charge >= 0.3 is 0 Å². The topological polar surface area (TPSA) is 94.6 Å². The third-order valence-corrected chi connectivity index (χ3v) is 4.17. The average Bonchev–Trinajstić information content (AvgIpc) is 2.65. The van der Waals surface area contributed by atoms with Crippen LogP contribution in [0, 0.1) is 11.3 Å². The third-order valence-electron chi connectivity index (χ3n) is 3.36. The summed E-state index contributed by atoms with van der Waals surface area (Å²) in [6.07, 6.45) is 1.33. The highest BCUT2D eigenvalue weighted by atomic mass is 79.9. The number of carbonyl (C=O) groups is 1. The Morgan fingerprint density at radius 1 is 1.26 bits per heavy atom. The summed E-state index contributed by atoms with van der Waals surface area (Å²) < 4.78 is 17.5. The first kappa shape index (κ1) is 20.6. The van der Waals surface area contributed by atoms with Crippen LogP contribution < -0.4 is 19.9 Å². The molecular formula is C19H16BrClN2O4. The Labute approximate surface area is 170 Å². The molecule has 6 nitrogen and oxygen atoms in total. The van der Waals surface area contributed by atoms with E-state index in [9.17, 15) is 4.79 Å². The summed E-state index contributed by atoms with van der Waals surface area (Å²) >= 11 is 9.61. The average molecular weight is 452 g/mol. The second-order valence-electron chi connectivity index (χ2n) is 5.22. The van der Waals surface area contributed by atoms with Crippen LogP contribution in [0.25, 0.3) is 6.08 Å². The molecule has 2 N–H and O–H groups in total. The standard InChI is InChI=1S/C19H16BrClN2O4/c1-25-17-10-12(8-13(11-22)19(23)24)9-16(21)18(17)27-7-6-26-15-4-2-14(20)3-5-15/h2-5,8-10H,6-7H2,1H3,(H2,23,24)/b13-8-. The molecular weight excluding hydrogens is 436 g/mol. The Morgan fingerprint density at radius 3 is 2.52 bits per heavy atom. The summed E-state index contributed by atoms with van der Waals surface area (Å²) in [6, 6.07) is 12.3. The zero-order chi connectivity index (χ0) is 19.8. The van der Waals surface area contributed by atoms with Crippen molar-refractivity contribution < 1.29 is 19.0 Å². The van der Waals surface area contributed by atoms with Gasteiger partial charge in [0.1, 0.15) is 30.6 Å². The van der Waals surface area contributed by atoms with Gasteiger partial charge in [0.15, 0.2) is 11.5 Å². The van der Waals surface area contributed by atoms with Gasteiger partial charge in [0, 0.05) is 4.47 Å². The van der Waals surface area contributed by atoms with Crippen LogP contribution in [0.4, 0.5) is 0 Å². The summed E-state index contributed by atoms with van der Waals surface area (Å²) in [5.74, 6) is 0.598. The lowest BCUT2D eigenvalue weighted by Crippen LogP contribution is -2.12. The van der Waals surface area contributed by atoms with Gasteiger partial charge < -0.3 is 19.9 Å². The highest BCUT2D eigenvalue weighted by molar-refractivity contribution is 9.10. The lowest BCUT2D eigenvalue weighted by molar-refractivity contribution is -0.114. The number of halogens is 2.